The number of carbonyl (C=O) groups is 2. The highest BCUT2D eigenvalue weighted by atomic mass is 35.5. The molecule has 10 heteroatoms. The van der Waals surface area contributed by atoms with E-state index in [-0.39, 0.29) is 30.5 Å². The van der Waals surface area contributed by atoms with Crippen LogP contribution in [-0.4, -0.2) is 68.4 Å². The molecule has 2 aromatic rings. The number of halogens is 3. The smallest absolute Gasteiger partial charge is 0.410 e. The number of hydrogen-bond donors (Lipinski definition) is 1. The van der Waals surface area contributed by atoms with Crippen molar-refractivity contribution in [1.82, 2.24) is 14.4 Å². The Morgan fingerprint density at radius 3 is 2.53 bits per heavy atom. The Balaban J connectivity index is 1.63. The largest absolute Gasteiger partial charge is 0.444 e. The average molecular weight is 526 g/mol. The maximum atomic E-state index is 13.7. The molecule has 1 aliphatic heterocycles. The van der Waals surface area contributed by atoms with Crippen LogP contribution in [0.4, 0.5) is 13.6 Å². The van der Waals surface area contributed by atoms with Gasteiger partial charge in [-0.3, -0.25) is 4.79 Å². The third-order valence-corrected chi connectivity index (χ3v) is 7.52. The van der Waals surface area contributed by atoms with E-state index in [9.17, 15) is 23.5 Å². The number of alkyl halides is 2. The van der Waals surface area contributed by atoms with Crippen LogP contribution in [-0.2, 0) is 11.3 Å². The summed E-state index contributed by atoms with van der Waals surface area (Å²) < 4.78 is 34.9. The first-order valence-electron chi connectivity index (χ1n) is 12.4. The predicted molar refractivity (Wildman–Crippen MR) is 133 cm³/mol. The van der Waals surface area contributed by atoms with Gasteiger partial charge in [-0.05, 0) is 45.7 Å². The Kier molecular flexibility index (Phi) is 7.03. The lowest BCUT2D eigenvalue weighted by molar-refractivity contribution is -0.154. The minimum absolute atomic E-state index is 0.125. The molecule has 2 amide bonds. The number of likely N-dealkylation sites (tertiary alicyclic amines) is 1. The molecule has 1 aliphatic carbocycles. The van der Waals surface area contributed by atoms with E-state index in [2.05, 4.69) is 0 Å². The summed E-state index contributed by atoms with van der Waals surface area (Å²) in [6.45, 7) is 6.50. The minimum Gasteiger partial charge on any atom is -0.444 e. The second-order valence-electron chi connectivity index (χ2n) is 11.0. The van der Waals surface area contributed by atoms with E-state index in [4.69, 9.17) is 16.3 Å². The number of nitrogens with zero attached hydrogens (tertiary/aromatic N) is 3. The number of amides is 2. The zero-order valence-electron chi connectivity index (χ0n) is 21.2. The number of carbonyl (C=O) groups excluding carboxylic acids is 2. The van der Waals surface area contributed by atoms with Gasteiger partial charge in [0.2, 0.25) is 5.92 Å². The lowest BCUT2D eigenvalue weighted by Gasteiger charge is -2.42. The zero-order chi connectivity index (χ0) is 26.5. The summed E-state index contributed by atoms with van der Waals surface area (Å²) in [5.41, 5.74) is -1.26. The van der Waals surface area contributed by atoms with Gasteiger partial charge in [0.1, 0.15) is 11.3 Å². The molecule has 0 bridgehead atoms. The van der Waals surface area contributed by atoms with E-state index in [0.29, 0.717) is 23.5 Å². The maximum absolute atomic E-state index is 13.7. The van der Waals surface area contributed by atoms with Crippen molar-refractivity contribution >= 4 is 34.5 Å². The van der Waals surface area contributed by atoms with E-state index >= 15 is 0 Å². The van der Waals surface area contributed by atoms with E-state index in [1.807, 2.05) is 31.4 Å². The standard InChI is InChI=1S/C26H34ClF2N3O4/c1-24(2,3)36-23(34)32-14-6-7-17(32)15-31-16-18(21-19(27)8-5-9-20(21)31)22(33)30(4)26(35)12-10-25(28,29)11-13-26/h5,8-9,16-17,35H,6-7,10-15H2,1-4H3/t17-/m0/s1. The van der Waals surface area contributed by atoms with Crippen molar-refractivity contribution in [3.63, 3.8) is 0 Å². The first-order chi connectivity index (χ1) is 16.7. The summed E-state index contributed by atoms with van der Waals surface area (Å²) in [5.74, 6) is -3.33. The van der Waals surface area contributed by atoms with E-state index in [1.54, 1.807) is 23.2 Å². The molecule has 0 unspecified atom stereocenters. The molecule has 0 spiro atoms. The molecule has 36 heavy (non-hydrogen) atoms. The molecule has 1 N–H and O–H groups in total. The molecule has 4 rings (SSSR count). The Morgan fingerprint density at radius 1 is 1.22 bits per heavy atom. The van der Waals surface area contributed by atoms with Crippen LogP contribution in [0.2, 0.25) is 5.02 Å². The molecule has 1 atom stereocenters. The minimum atomic E-state index is -2.84. The van der Waals surface area contributed by atoms with Gasteiger partial charge in [-0.1, -0.05) is 17.7 Å². The number of hydrogen-bond acceptors (Lipinski definition) is 4. The fourth-order valence-electron chi connectivity index (χ4n) is 5.16. The highest BCUT2D eigenvalue weighted by molar-refractivity contribution is 6.36. The molecule has 2 heterocycles. The summed E-state index contributed by atoms with van der Waals surface area (Å²) in [6, 6.07) is 5.19. The number of benzene rings is 1. The second kappa shape index (κ2) is 9.49. The van der Waals surface area contributed by atoms with Crippen LogP contribution in [0, 0.1) is 0 Å². The third-order valence-electron chi connectivity index (χ3n) is 7.21. The lowest BCUT2D eigenvalue weighted by atomic mass is 9.87. The normalized spacial score (nSPS) is 21.6. The second-order valence-corrected chi connectivity index (χ2v) is 11.4. The van der Waals surface area contributed by atoms with Crippen LogP contribution in [0.1, 0.15) is 69.7 Å². The van der Waals surface area contributed by atoms with Crippen LogP contribution in [0.5, 0.6) is 0 Å². The zero-order valence-corrected chi connectivity index (χ0v) is 21.9. The SMILES string of the molecule is CN(C(=O)c1cn(C[C@@H]2CCCN2C(=O)OC(C)(C)C)c2cccc(Cl)c12)C1(O)CCC(F)(F)CC1. The van der Waals surface area contributed by atoms with Gasteiger partial charge in [0.25, 0.3) is 5.91 Å². The highest BCUT2D eigenvalue weighted by Gasteiger charge is 2.46. The van der Waals surface area contributed by atoms with Crippen molar-refractivity contribution < 1.29 is 28.2 Å². The Labute approximate surface area is 214 Å². The number of aromatic nitrogens is 1. The molecule has 1 saturated carbocycles. The fourth-order valence-corrected chi connectivity index (χ4v) is 5.43. The lowest BCUT2D eigenvalue weighted by Crippen LogP contribution is -2.53. The molecule has 1 saturated heterocycles. The summed E-state index contributed by atoms with van der Waals surface area (Å²) in [7, 11) is 1.44. The first-order valence-corrected chi connectivity index (χ1v) is 12.7. The van der Waals surface area contributed by atoms with Crippen molar-refractivity contribution in [3.8, 4) is 0 Å². The summed E-state index contributed by atoms with van der Waals surface area (Å²) in [4.78, 5) is 29.2. The third kappa shape index (κ3) is 5.32. The summed E-state index contributed by atoms with van der Waals surface area (Å²) in [5, 5.41) is 11.9. The summed E-state index contributed by atoms with van der Waals surface area (Å²) >= 11 is 6.52. The molecular weight excluding hydrogens is 492 g/mol. The molecule has 2 aliphatic rings. The quantitative estimate of drug-likeness (QED) is 0.522. The van der Waals surface area contributed by atoms with Crippen LogP contribution >= 0.6 is 11.6 Å². The predicted octanol–water partition coefficient (Wildman–Crippen LogP) is 5.66. The van der Waals surface area contributed by atoms with Crippen molar-refractivity contribution in [2.24, 2.45) is 0 Å². The van der Waals surface area contributed by atoms with Gasteiger partial charge in [-0.25, -0.2) is 13.6 Å². The maximum Gasteiger partial charge on any atom is 0.410 e. The molecule has 0 radical (unpaired) electrons. The van der Waals surface area contributed by atoms with Crippen molar-refractivity contribution in [2.75, 3.05) is 13.6 Å². The van der Waals surface area contributed by atoms with Crippen LogP contribution in [0.15, 0.2) is 24.4 Å². The number of ether oxygens (including phenoxy) is 1. The van der Waals surface area contributed by atoms with E-state index in [0.717, 1.165) is 23.3 Å². The van der Waals surface area contributed by atoms with Gasteiger partial charge < -0.3 is 24.2 Å². The van der Waals surface area contributed by atoms with Gasteiger partial charge in [-0.2, -0.15) is 0 Å². The number of fused-ring (bicyclic) bond motifs is 1. The van der Waals surface area contributed by atoms with Gasteiger partial charge in [0, 0.05) is 57.4 Å². The van der Waals surface area contributed by atoms with Gasteiger partial charge in [-0.15, -0.1) is 0 Å². The molecule has 1 aromatic carbocycles. The number of rotatable bonds is 4. The van der Waals surface area contributed by atoms with E-state index < -0.39 is 36.0 Å². The van der Waals surface area contributed by atoms with Gasteiger partial charge >= 0.3 is 6.09 Å². The Bertz CT molecular complexity index is 1150. The molecule has 7 nitrogen and oxygen atoms in total. The van der Waals surface area contributed by atoms with Gasteiger partial charge in [0.15, 0.2) is 0 Å². The average Bonchev–Trinajstić information content (AvgIpc) is 3.40. The van der Waals surface area contributed by atoms with Crippen molar-refractivity contribution in [2.45, 2.75) is 89.1 Å². The van der Waals surface area contributed by atoms with E-state index in [1.165, 1.54) is 7.05 Å². The fraction of sp³-hybridized carbons (Fsp3) is 0.615. The highest BCUT2D eigenvalue weighted by Crippen LogP contribution is 2.41. The van der Waals surface area contributed by atoms with Crippen LogP contribution < -0.4 is 0 Å². The molecule has 198 valence electrons. The van der Waals surface area contributed by atoms with Crippen LogP contribution in [0.3, 0.4) is 0 Å². The van der Waals surface area contributed by atoms with Crippen molar-refractivity contribution in [1.29, 1.82) is 0 Å². The Hall–Kier alpha value is -2.39. The van der Waals surface area contributed by atoms with Gasteiger partial charge in [0.05, 0.1) is 22.1 Å². The monoisotopic (exact) mass is 525 g/mol. The molecule has 2 fully saturated rings. The van der Waals surface area contributed by atoms with Crippen LogP contribution in [0.25, 0.3) is 10.9 Å². The summed E-state index contributed by atoms with van der Waals surface area (Å²) in [6.07, 6.45) is 1.57. The van der Waals surface area contributed by atoms with Crippen molar-refractivity contribution in [3.05, 3.63) is 35.0 Å². The molecule has 1 aromatic heterocycles. The molecular formula is C26H34ClF2N3O4. The first kappa shape index (κ1) is 26.7. The number of aliphatic hydroxyl groups is 1. The Morgan fingerprint density at radius 2 is 1.89 bits per heavy atom. The topological polar surface area (TPSA) is 75.0 Å².